The molecule has 0 aliphatic heterocycles. The molecule has 0 aliphatic rings. The molecule has 0 bridgehead atoms. The number of aromatic nitrogens is 2. The lowest BCUT2D eigenvalue weighted by atomic mass is 10.0. The van der Waals surface area contributed by atoms with Crippen LogP contribution < -0.4 is 11.5 Å². The zero-order chi connectivity index (χ0) is 13.5. The molecule has 5 N–H and O–H groups in total. The van der Waals surface area contributed by atoms with Crippen LogP contribution in [0.3, 0.4) is 0 Å². The van der Waals surface area contributed by atoms with Crippen molar-refractivity contribution in [2.75, 3.05) is 7.05 Å². The number of nitrogens with one attached hydrogen (secondary N) is 1. The largest absolute Gasteiger partial charge is 0.333 e. The average Bonchev–Trinajstić information content (AvgIpc) is 2.70. The first-order valence-corrected chi connectivity index (χ1v) is 5.54. The molecule has 1 aromatic heterocycles. The predicted molar refractivity (Wildman–Crippen MR) is 65.5 cm³/mol. The molecule has 0 aliphatic carbocycles. The van der Waals surface area contributed by atoms with E-state index in [1.807, 2.05) is 6.92 Å². The van der Waals surface area contributed by atoms with Gasteiger partial charge in [0.05, 0.1) is 0 Å². The van der Waals surface area contributed by atoms with Gasteiger partial charge in [-0.05, 0) is 33.2 Å². The molecule has 0 spiro atoms. The molecule has 6 heteroatoms. The fraction of sp³-hybridized carbons (Fsp3) is 0.636. The molecule has 98 valence electrons. The molecule has 0 fully saturated rings. The highest BCUT2D eigenvalue weighted by molar-refractivity contribution is 5.74. The average molecular weight is 244 g/mol. The van der Waals surface area contributed by atoms with Crippen molar-refractivity contribution in [3.05, 3.63) is 17.0 Å². The van der Waals surface area contributed by atoms with Crippen LogP contribution in [-0.2, 0) is 12.8 Å². The van der Waals surface area contributed by atoms with Crippen molar-refractivity contribution in [2.45, 2.75) is 38.9 Å². The molecular formula is C11H21FN4O. The number of nitrogens with two attached hydrogens (primary N) is 2. The number of aryl methyl sites for hydroxylation is 1. The maximum Gasteiger partial charge on any atom is 0.170 e. The van der Waals surface area contributed by atoms with Crippen molar-refractivity contribution in [1.29, 1.82) is 0 Å². The van der Waals surface area contributed by atoms with Crippen molar-refractivity contribution in [2.24, 2.45) is 11.5 Å². The SMILES string of the molecule is CCc1[nH]nc(C=O)c1CCC(C)(N)F.CN. The number of hydrogen-bond donors (Lipinski definition) is 3. The second-order valence-electron chi connectivity index (χ2n) is 3.82. The topological polar surface area (TPSA) is 97.8 Å². The molecule has 1 aromatic rings. The third kappa shape index (κ3) is 5.06. The standard InChI is InChI=1S/C10H16FN3O.CH5N/c1-3-8-7(4-5-10(2,11)12)9(6-15)14-13-8;1-2/h6H,3-5,12H2,1-2H3,(H,13,14);2H2,1H3. The van der Waals surface area contributed by atoms with E-state index >= 15 is 0 Å². The Morgan fingerprint density at radius 1 is 1.53 bits per heavy atom. The van der Waals surface area contributed by atoms with Crippen molar-refractivity contribution >= 4 is 6.29 Å². The van der Waals surface area contributed by atoms with Crippen LogP contribution >= 0.6 is 0 Å². The van der Waals surface area contributed by atoms with Gasteiger partial charge < -0.3 is 5.73 Å². The van der Waals surface area contributed by atoms with Crippen LogP contribution in [0.5, 0.6) is 0 Å². The van der Waals surface area contributed by atoms with E-state index in [1.54, 1.807) is 0 Å². The van der Waals surface area contributed by atoms with E-state index in [1.165, 1.54) is 14.0 Å². The van der Waals surface area contributed by atoms with E-state index in [0.717, 1.165) is 17.7 Å². The third-order valence-electron chi connectivity index (χ3n) is 2.31. The molecule has 1 atom stereocenters. The second-order valence-corrected chi connectivity index (χ2v) is 3.82. The summed E-state index contributed by atoms with van der Waals surface area (Å²) < 4.78 is 13.1. The van der Waals surface area contributed by atoms with Crippen LogP contribution in [0.4, 0.5) is 4.39 Å². The van der Waals surface area contributed by atoms with Gasteiger partial charge in [-0.2, -0.15) is 5.10 Å². The Balaban J connectivity index is 0.00000121. The summed E-state index contributed by atoms with van der Waals surface area (Å²) in [4.78, 5) is 10.7. The minimum Gasteiger partial charge on any atom is -0.333 e. The zero-order valence-electron chi connectivity index (χ0n) is 10.6. The van der Waals surface area contributed by atoms with E-state index in [9.17, 15) is 9.18 Å². The number of alkyl halides is 1. The second kappa shape index (κ2) is 7.13. The Labute approximate surface area is 101 Å². The van der Waals surface area contributed by atoms with Gasteiger partial charge in [-0.15, -0.1) is 0 Å². The number of carbonyl (C=O) groups is 1. The lowest BCUT2D eigenvalue weighted by Crippen LogP contribution is -2.30. The summed E-state index contributed by atoms with van der Waals surface area (Å²) in [6.45, 7) is 3.27. The number of rotatable bonds is 5. The molecule has 1 heterocycles. The molecule has 0 radical (unpaired) electrons. The number of carbonyl (C=O) groups excluding carboxylic acids is 1. The molecule has 1 unspecified atom stereocenters. The number of H-pyrrole nitrogens is 1. The van der Waals surface area contributed by atoms with Crippen LogP contribution in [0.15, 0.2) is 0 Å². The third-order valence-corrected chi connectivity index (χ3v) is 2.31. The van der Waals surface area contributed by atoms with Gasteiger partial charge in [0.1, 0.15) is 5.69 Å². The molecule has 0 saturated carbocycles. The number of nitrogens with zero attached hydrogens (tertiary/aromatic N) is 1. The Bertz CT molecular complexity index is 344. The van der Waals surface area contributed by atoms with Crippen LogP contribution in [0.2, 0.25) is 0 Å². The molecule has 0 amide bonds. The Kier molecular flexibility index (Phi) is 6.60. The first kappa shape index (κ1) is 15.7. The summed E-state index contributed by atoms with van der Waals surface area (Å²) in [6.07, 6.45) is 2.03. The molecule has 0 saturated heterocycles. The summed E-state index contributed by atoms with van der Waals surface area (Å²) in [6, 6.07) is 0. The summed E-state index contributed by atoms with van der Waals surface area (Å²) in [5.41, 5.74) is 11.8. The predicted octanol–water partition coefficient (Wildman–Crippen LogP) is 0.937. The van der Waals surface area contributed by atoms with Crippen LogP contribution in [0, 0.1) is 0 Å². The van der Waals surface area contributed by atoms with Gasteiger partial charge in [0.15, 0.2) is 12.1 Å². The molecular weight excluding hydrogens is 223 g/mol. The van der Waals surface area contributed by atoms with E-state index in [4.69, 9.17) is 5.73 Å². The number of halogens is 1. The summed E-state index contributed by atoms with van der Waals surface area (Å²) >= 11 is 0. The van der Waals surface area contributed by atoms with Crippen molar-refractivity contribution in [1.82, 2.24) is 10.2 Å². The Morgan fingerprint density at radius 2 is 2.12 bits per heavy atom. The van der Waals surface area contributed by atoms with Crippen molar-refractivity contribution in [3.63, 3.8) is 0 Å². The molecule has 1 rings (SSSR count). The monoisotopic (exact) mass is 244 g/mol. The van der Waals surface area contributed by atoms with Gasteiger partial charge in [-0.3, -0.25) is 15.6 Å². The zero-order valence-corrected chi connectivity index (χ0v) is 10.6. The number of hydrogen-bond acceptors (Lipinski definition) is 4. The molecule has 17 heavy (non-hydrogen) atoms. The normalized spacial score (nSPS) is 13.5. The highest BCUT2D eigenvalue weighted by Crippen LogP contribution is 2.17. The highest BCUT2D eigenvalue weighted by atomic mass is 19.1. The van der Waals surface area contributed by atoms with E-state index < -0.39 is 5.79 Å². The van der Waals surface area contributed by atoms with Gasteiger partial charge in [0.25, 0.3) is 0 Å². The minimum absolute atomic E-state index is 0.181. The fourth-order valence-electron chi connectivity index (χ4n) is 1.46. The van der Waals surface area contributed by atoms with Gasteiger partial charge >= 0.3 is 0 Å². The Hall–Kier alpha value is -1.27. The van der Waals surface area contributed by atoms with Crippen LogP contribution in [0.25, 0.3) is 0 Å². The van der Waals surface area contributed by atoms with E-state index in [0.29, 0.717) is 18.4 Å². The summed E-state index contributed by atoms with van der Waals surface area (Å²) in [5.74, 6) is -1.71. The lowest BCUT2D eigenvalue weighted by molar-refractivity contribution is 0.111. The van der Waals surface area contributed by atoms with Gasteiger partial charge in [-0.25, -0.2) is 4.39 Å². The van der Waals surface area contributed by atoms with Crippen molar-refractivity contribution < 1.29 is 9.18 Å². The number of aldehydes is 1. The van der Waals surface area contributed by atoms with Crippen molar-refractivity contribution in [3.8, 4) is 0 Å². The van der Waals surface area contributed by atoms with E-state index in [2.05, 4.69) is 15.9 Å². The number of aromatic amines is 1. The maximum atomic E-state index is 13.1. The summed E-state index contributed by atoms with van der Waals surface area (Å²) in [5, 5.41) is 6.62. The maximum absolute atomic E-state index is 13.1. The van der Waals surface area contributed by atoms with Gasteiger partial charge in [-0.1, -0.05) is 6.92 Å². The molecule has 0 aromatic carbocycles. The molecule has 5 nitrogen and oxygen atoms in total. The van der Waals surface area contributed by atoms with E-state index in [-0.39, 0.29) is 6.42 Å². The van der Waals surface area contributed by atoms with Gasteiger partial charge in [0, 0.05) is 11.3 Å². The first-order valence-electron chi connectivity index (χ1n) is 5.54. The lowest BCUT2D eigenvalue weighted by Gasteiger charge is -2.13. The minimum atomic E-state index is -1.71. The highest BCUT2D eigenvalue weighted by Gasteiger charge is 2.19. The Morgan fingerprint density at radius 3 is 2.53 bits per heavy atom. The quantitative estimate of drug-likeness (QED) is 0.530. The smallest absolute Gasteiger partial charge is 0.170 e. The van der Waals surface area contributed by atoms with Gasteiger partial charge in [0.2, 0.25) is 0 Å². The van der Waals surface area contributed by atoms with Crippen LogP contribution in [0.1, 0.15) is 42.0 Å². The first-order chi connectivity index (χ1) is 7.98. The summed E-state index contributed by atoms with van der Waals surface area (Å²) in [7, 11) is 1.50. The fourth-order valence-corrected chi connectivity index (χ4v) is 1.46. The van der Waals surface area contributed by atoms with Crippen LogP contribution in [-0.4, -0.2) is 29.3 Å².